The Morgan fingerprint density at radius 3 is 2.81 bits per heavy atom. The van der Waals surface area contributed by atoms with E-state index >= 15 is 0 Å². The van der Waals surface area contributed by atoms with E-state index in [0.29, 0.717) is 5.69 Å². The lowest BCUT2D eigenvalue weighted by Gasteiger charge is -2.23. The van der Waals surface area contributed by atoms with Crippen LogP contribution in [-0.2, 0) is 0 Å². The molecule has 3 rings (SSSR count). The molecule has 1 N–H and O–H groups in total. The number of nitrogens with one attached hydrogen (secondary N) is 1. The Labute approximate surface area is 121 Å². The fraction of sp³-hybridized carbons (Fsp3) is 0.429. The maximum Gasteiger partial charge on any atom is 0.253 e. The molecular weight excluding hydrogens is 273 g/mol. The summed E-state index contributed by atoms with van der Waals surface area (Å²) in [5, 5.41) is 13.8. The van der Waals surface area contributed by atoms with E-state index in [9.17, 15) is 9.18 Å². The monoisotopic (exact) mass is 289 g/mol. The van der Waals surface area contributed by atoms with Gasteiger partial charge in [-0.05, 0) is 41.5 Å². The van der Waals surface area contributed by atoms with Gasteiger partial charge < -0.3 is 5.32 Å². The smallest absolute Gasteiger partial charge is 0.253 e. The quantitative estimate of drug-likeness (QED) is 0.936. The Bertz CT molecular complexity index is 622. The average molecular weight is 289 g/mol. The summed E-state index contributed by atoms with van der Waals surface area (Å²) in [6.07, 6.45) is 6.78. The second-order valence-electron chi connectivity index (χ2n) is 5.22. The van der Waals surface area contributed by atoms with Gasteiger partial charge in [0.1, 0.15) is 12.1 Å². The summed E-state index contributed by atoms with van der Waals surface area (Å²) in [6.45, 7) is 0. The number of amides is 1. The van der Waals surface area contributed by atoms with Crippen molar-refractivity contribution < 1.29 is 9.18 Å². The minimum atomic E-state index is -0.458. The van der Waals surface area contributed by atoms with Crippen molar-refractivity contribution in [1.29, 1.82) is 0 Å². The normalized spacial score (nSPS) is 15.9. The van der Waals surface area contributed by atoms with Gasteiger partial charge in [0.2, 0.25) is 0 Å². The summed E-state index contributed by atoms with van der Waals surface area (Å²) in [4.78, 5) is 12.4. The highest BCUT2D eigenvalue weighted by Gasteiger charge is 2.20. The van der Waals surface area contributed by atoms with E-state index in [-0.39, 0.29) is 17.5 Å². The van der Waals surface area contributed by atoms with Crippen molar-refractivity contribution in [3.05, 3.63) is 35.9 Å². The number of rotatable bonds is 3. The van der Waals surface area contributed by atoms with Gasteiger partial charge in [0, 0.05) is 6.04 Å². The van der Waals surface area contributed by atoms with E-state index in [1.54, 1.807) is 0 Å². The third-order valence-corrected chi connectivity index (χ3v) is 3.74. The van der Waals surface area contributed by atoms with Gasteiger partial charge in [-0.3, -0.25) is 4.79 Å². The Balaban J connectivity index is 1.86. The molecule has 0 spiro atoms. The number of hydrogen-bond acceptors (Lipinski definition) is 4. The lowest BCUT2D eigenvalue weighted by molar-refractivity contribution is 0.0927. The molecule has 1 aromatic heterocycles. The number of halogens is 1. The number of hydrogen-bond donors (Lipinski definition) is 1. The Kier molecular flexibility index (Phi) is 3.89. The number of carbonyl (C=O) groups is 1. The summed E-state index contributed by atoms with van der Waals surface area (Å²) in [5.41, 5.74) is 0.711. The molecule has 1 aliphatic rings. The van der Waals surface area contributed by atoms with Gasteiger partial charge in [0.25, 0.3) is 5.91 Å². The van der Waals surface area contributed by atoms with E-state index in [2.05, 4.69) is 20.8 Å². The molecule has 21 heavy (non-hydrogen) atoms. The van der Waals surface area contributed by atoms with E-state index in [0.717, 1.165) is 25.7 Å². The highest BCUT2D eigenvalue weighted by molar-refractivity contribution is 5.97. The largest absolute Gasteiger partial charge is 0.349 e. The Morgan fingerprint density at radius 2 is 2.10 bits per heavy atom. The fourth-order valence-corrected chi connectivity index (χ4v) is 2.67. The first-order valence-corrected chi connectivity index (χ1v) is 7.08. The van der Waals surface area contributed by atoms with Crippen LogP contribution in [0.15, 0.2) is 24.5 Å². The van der Waals surface area contributed by atoms with Gasteiger partial charge in [-0.15, -0.1) is 5.10 Å². The maximum absolute atomic E-state index is 13.5. The zero-order chi connectivity index (χ0) is 14.7. The Morgan fingerprint density at radius 1 is 1.29 bits per heavy atom. The molecule has 1 saturated carbocycles. The van der Waals surface area contributed by atoms with Gasteiger partial charge >= 0.3 is 0 Å². The van der Waals surface area contributed by atoms with Crippen molar-refractivity contribution in [2.45, 2.75) is 38.1 Å². The van der Waals surface area contributed by atoms with Gasteiger partial charge in [0.15, 0.2) is 0 Å². The molecule has 1 aliphatic carbocycles. The van der Waals surface area contributed by atoms with Crippen LogP contribution in [0.3, 0.4) is 0 Å². The van der Waals surface area contributed by atoms with E-state index < -0.39 is 5.82 Å². The summed E-state index contributed by atoms with van der Waals surface area (Å²) < 4.78 is 14.8. The number of carbonyl (C=O) groups excluding carboxylic acids is 1. The van der Waals surface area contributed by atoms with Crippen LogP contribution in [0.4, 0.5) is 4.39 Å². The minimum Gasteiger partial charge on any atom is -0.349 e. The van der Waals surface area contributed by atoms with Gasteiger partial charge in [-0.25, -0.2) is 4.39 Å². The first kappa shape index (κ1) is 13.7. The topological polar surface area (TPSA) is 72.7 Å². The zero-order valence-corrected chi connectivity index (χ0v) is 11.5. The standard InChI is InChI=1S/C14H16FN5O/c15-10-6-7-13(20-9-16-18-19-20)12(8-10)14(21)17-11-4-2-1-3-5-11/h6-9,11H,1-5H2,(H,17,21). The third kappa shape index (κ3) is 3.07. The summed E-state index contributed by atoms with van der Waals surface area (Å²) in [6, 6.07) is 4.17. The molecule has 2 aromatic rings. The molecular formula is C14H16FN5O. The lowest BCUT2D eigenvalue weighted by atomic mass is 9.95. The molecule has 1 fully saturated rings. The van der Waals surface area contributed by atoms with Crippen molar-refractivity contribution in [3.63, 3.8) is 0 Å². The van der Waals surface area contributed by atoms with Gasteiger partial charge in [0.05, 0.1) is 11.3 Å². The van der Waals surface area contributed by atoms with Crippen LogP contribution in [0.25, 0.3) is 5.69 Å². The molecule has 1 aromatic carbocycles. The molecule has 0 atom stereocenters. The van der Waals surface area contributed by atoms with Crippen LogP contribution in [0.5, 0.6) is 0 Å². The number of aromatic nitrogens is 4. The first-order chi connectivity index (χ1) is 10.2. The van der Waals surface area contributed by atoms with Crippen LogP contribution >= 0.6 is 0 Å². The second kappa shape index (κ2) is 5.99. The summed E-state index contributed by atoms with van der Waals surface area (Å²) >= 11 is 0. The van der Waals surface area contributed by atoms with Crippen LogP contribution in [0.2, 0.25) is 0 Å². The number of benzene rings is 1. The molecule has 0 aliphatic heterocycles. The number of nitrogens with zero attached hydrogens (tertiary/aromatic N) is 4. The molecule has 110 valence electrons. The third-order valence-electron chi connectivity index (χ3n) is 3.74. The molecule has 1 amide bonds. The molecule has 0 saturated heterocycles. The van der Waals surface area contributed by atoms with Crippen LogP contribution < -0.4 is 5.32 Å². The molecule has 0 bridgehead atoms. The van der Waals surface area contributed by atoms with E-state index in [4.69, 9.17) is 0 Å². The van der Waals surface area contributed by atoms with E-state index in [1.807, 2.05) is 0 Å². The minimum absolute atomic E-state index is 0.163. The molecule has 1 heterocycles. The van der Waals surface area contributed by atoms with Crippen molar-refractivity contribution in [2.24, 2.45) is 0 Å². The van der Waals surface area contributed by atoms with Crippen LogP contribution in [0.1, 0.15) is 42.5 Å². The van der Waals surface area contributed by atoms with Crippen molar-refractivity contribution in [3.8, 4) is 5.69 Å². The SMILES string of the molecule is O=C(NC1CCCCC1)c1cc(F)ccc1-n1cnnn1. The molecule has 0 radical (unpaired) electrons. The lowest BCUT2D eigenvalue weighted by Crippen LogP contribution is -2.36. The summed E-state index contributed by atoms with van der Waals surface area (Å²) in [7, 11) is 0. The van der Waals surface area contributed by atoms with Crippen molar-refractivity contribution in [2.75, 3.05) is 0 Å². The maximum atomic E-state index is 13.5. The first-order valence-electron chi connectivity index (χ1n) is 7.08. The van der Waals surface area contributed by atoms with Crippen molar-refractivity contribution in [1.82, 2.24) is 25.5 Å². The second-order valence-corrected chi connectivity index (χ2v) is 5.22. The predicted octanol–water partition coefficient (Wildman–Crippen LogP) is 1.86. The summed E-state index contributed by atoms with van der Waals surface area (Å²) in [5.74, 6) is -0.743. The van der Waals surface area contributed by atoms with Gasteiger partial charge in [-0.2, -0.15) is 4.68 Å². The Hall–Kier alpha value is -2.31. The van der Waals surface area contributed by atoms with Crippen molar-refractivity contribution >= 4 is 5.91 Å². The van der Waals surface area contributed by atoms with Crippen LogP contribution in [0, 0.1) is 5.82 Å². The zero-order valence-electron chi connectivity index (χ0n) is 11.5. The predicted molar refractivity (Wildman–Crippen MR) is 73.5 cm³/mol. The highest BCUT2D eigenvalue weighted by atomic mass is 19.1. The highest BCUT2D eigenvalue weighted by Crippen LogP contribution is 2.20. The average Bonchev–Trinajstić information content (AvgIpc) is 3.02. The molecule has 6 nitrogen and oxygen atoms in total. The number of tetrazole rings is 1. The molecule has 7 heteroatoms. The molecule has 0 unspecified atom stereocenters. The van der Waals surface area contributed by atoms with Crippen LogP contribution in [-0.4, -0.2) is 32.2 Å². The van der Waals surface area contributed by atoms with E-state index in [1.165, 1.54) is 35.6 Å². The fourth-order valence-electron chi connectivity index (χ4n) is 2.67. The van der Waals surface area contributed by atoms with Gasteiger partial charge in [-0.1, -0.05) is 19.3 Å².